The number of carboxylic acid groups (broad SMARTS) is 1. The second kappa shape index (κ2) is 7.49. The van der Waals surface area contributed by atoms with Gasteiger partial charge in [0, 0.05) is 10.0 Å². The van der Waals surface area contributed by atoms with Gasteiger partial charge < -0.3 is 10.4 Å². The topological polar surface area (TPSA) is 66.4 Å². The number of carbonyl (C=O) groups excluding carboxylic acids is 1. The lowest BCUT2D eigenvalue weighted by Gasteiger charge is -2.14. The predicted octanol–water partition coefficient (Wildman–Crippen LogP) is 2.52. The van der Waals surface area contributed by atoms with Crippen molar-refractivity contribution in [1.82, 2.24) is 5.32 Å². The van der Waals surface area contributed by atoms with Crippen LogP contribution in [-0.4, -0.2) is 35.0 Å². The number of carbonyl (C=O) groups is 2. The van der Waals surface area contributed by atoms with Crippen LogP contribution < -0.4 is 5.32 Å². The molecule has 104 valence electrons. The van der Waals surface area contributed by atoms with Crippen molar-refractivity contribution in [3.8, 4) is 0 Å². The maximum atomic E-state index is 13.2. The van der Waals surface area contributed by atoms with E-state index in [0.29, 0.717) is 16.6 Å². The SMILES string of the molecule is CSCC[C@H](NC(=O)c1cc(F)cc(Br)c1)C(=O)O. The number of benzene rings is 1. The quantitative estimate of drug-likeness (QED) is 0.828. The molecule has 1 amide bonds. The molecule has 0 heterocycles. The summed E-state index contributed by atoms with van der Waals surface area (Å²) in [5.74, 6) is -1.65. The summed E-state index contributed by atoms with van der Waals surface area (Å²) in [6, 6.07) is 2.75. The van der Waals surface area contributed by atoms with Gasteiger partial charge >= 0.3 is 5.97 Å². The van der Waals surface area contributed by atoms with E-state index in [1.165, 1.54) is 23.9 Å². The highest BCUT2D eigenvalue weighted by atomic mass is 79.9. The van der Waals surface area contributed by atoms with E-state index in [-0.39, 0.29) is 5.56 Å². The van der Waals surface area contributed by atoms with Gasteiger partial charge in [-0.05, 0) is 36.6 Å². The number of hydrogen-bond donors (Lipinski definition) is 2. The summed E-state index contributed by atoms with van der Waals surface area (Å²) in [5.41, 5.74) is 0.0854. The van der Waals surface area contributed by atoms with Crippen molar-refractivity contribution >= 4 is 39.6 Å². The van der Waals surface area contributed by atoms with Crippen molar-refractivity contribution in [2.45, 2.75) is 12.5 Å². The standard InChI is InChI=1S/C12H13BrFNO3S/c1-19-3-2-10(12(17)18)15-11(16)7-4-8(13)6-9(14)5-7/h4-6,10H,2-3H2,1H3,(H,15,16)(H,17,18)/t10-/m0/s1. The molecular weight excluding hydrogens is 337 g/mol. The van der Waals surface area contributed by atoms with E-state index in [2.05, 4.69) is 21.2 Å². The second-order valence-electron chi connectivity index (χ2n) is 3.80. The fraction of sp³-hybridized carbons (Fsp3) is 0.333. The summed E-state index contributed by atoms with van der Waals surface area (Å²) in [6.45, 7) is 0. The Bertz CT molecular complexity index is 464. The first kappa shape index (κ1) is 16.0. The minimum absolute atomic E-state index is 0.0854. The fourth-order valence-corrected chi connectivity index (χ4v) is 2.36. The molecule has 0 bridgehead atoms. The van der Waals surface area contributed by atoms with Gasteiger partial charge in [0.2, 0.25) is 0 Å². The smallest absolute Gasteiger partial charge is 0.326 e. The highest BCUT2D eigenvalue weighted by Gasteiger charge is 2.20. The average Bonchev–Trinajstić information content (AvgIpc) is 2.32. The number of halogens is 2. The number of nitrogens with one attached hydrogen (secondary N) is 1. The van der Waals surface area contributed by atoms with E-state index in [0.717, 1.165) is 6.07 Å². The number of amides is 1. The van der Waals surface area contributed by atoms with Gasteiger partial charge in [0.25, 0.3) is 5.91 Å². The lowest BCUT2D eigenvalue weighted by atomic mass is 10.1. The molecule has 4 nitrogen and oxygen atoms in total. The lowest BCUT2D eigenvalue weighted by molar-refractivity contribution is -0.139. The molecule has 19 heavy (non-hydrogen) atoms. The Labute approximate surface area is 122 Å². The zero-order chi connectivity index (χ0) is 14.4. The van der Waals surface area contributed by atoms with Crippen LogP contribution >= 0.6 is 27.7 Å². The average molecular weight is 350 g/mol. The molecule has 0 unspecified atom stereocenters. The molecule has 0 aromatic heterocycles. The molecule has 1 aromatic rings. The third-order valence-electron chi connectivity index (χ3n) is 2.34. The third kappa shape index (κ3) is 5.20. The number of carboxylic acids is 1. The molecule has 7 heteroatoms. The van der Waals surface area contributed by atoms with Crippen LogP contribution in [0.4, 0.5) is 4.39 Å². The fourth-order valence-electron chi connectivity index (χ4n) is 1.42. The van der Waals surface area contributed by atoms with Gasteiger partial charge in [-0.15, -0.1) is 0 Å². The van der Waals surface area contributed by atoms with Crippen LogP contribution in [0.5, 0.6) is 0 Å². The highest BCUT2D eigenvalue weighted by Crippen LogP contribution is 2.15. The molecule has 1 atom stereocenters. The number of hydrogen-bond acceptors (Lipinski definition) is 3. The third-order valence-corrected chi connectivity index (χ3v) is 3.44. The molecule has 0 aliphatic rings. The van der Waals surface area contributed by atoms with Crippen molar-refractivity contribution in [3.05, 3.63) is 34.1 Å². The predicted molar refractivity (Wildman–Crippen MR) is 76.0 cm³/mol. The van der Waals surface area contributed by atoms with Crippen LogP contribution in [-0.2, 0) is 4.79 Å². The largest absolute Gasteiger partial charge is 0.480 e. The van der Waals surface area contributed by atoms with Crippen LogP contribution in [0.1, 0.15) is 16.8 Å². The Morgan fingerprint density at radius 2 is 2.16 bits per heavy atom. The van der Waals surface area contributed by atoms with E-state index in [1.54, 1.807) is 0 Å². The Morgan fingerprint density at radius 3 is 2.68 bits per heavy atom. The first-order valence-electron chi connectivity index (χ1n) is 5.42. The summed E-state index contributed by atoms with van der Waals surface area (Å²) in [6.07, 6.45) is 2.17. The van der Waals surface area contributed by atoms with Gasteiger partial charge in [0.15, 0.2) is 0 Å². The molecule has 0 radical (unpaired) electrons. The minimum atomic E-state index is -1.10. The van der Waals surface area contributed by atoms with Gasteiger partial charge in [-0.1, -0.05) is 15.9 Å². The summed E-state index contributed by atoms with van der Waals surface area (Å²) >= 11 is 4.57. The summed E-state index contributed by atoms with van der Waals surface area (Å²) in [7, 11) is 0. The van der Waals surface area contributed by atoms with Crippen LogP contribution in [0, 0.1) is 5.82 Å². The number of aliphatic carboxylic acids is 1. The van der Waals surface area contributed by atoms with Crippen LogP contribution in [0.25, 0.3) is 0 Å². The van der Waals surface area contributed by atoms with Crippen molar-refractivity contribution in [2.24, 2.45) is 0 Å². The number of thioether (sulfide) groups is 1. The molecule has 0 saturated carbocycles. The van der Waals surface area contributed by atoms with Crippen LogP contribution in [0.2, 0.25) is 0 Å². The Kier molecular flexibility index (Phi) is 6.30. The zero-order valence-electron chi connectivity index (χ0n) is 10.2. The molecule has 1 rings (SSSR count). The van der Waals surface area contributed by atoms with E-state index >= 15 is 0 Å². The monoisotopic (exact) mass is 349 g/mol. The Morgan fingerprint density at radius 1 is 1.47 bits per heavy atom. The molecule has 0 aliphatic heterocycles. The maximum absolute atomic E-state index is 13.2. The molecule has 0 aliphatic carbocycles. The summed E-state index contributed by atoms with van der Waals surface area (Å²) in [4.78, 5) is 22.9. The van der Waals surface area contributed by atoms with Crippen LogP contribution in [0.3, 0.4) is 0 Å². The van der Waals surface area contributed by atoms with Crippen molar-refractivity contribution in [1.29, 1.82) is 0 Å². The van der Waals surface area contributed by atoms with Crippen molar-refractivity contribution in [3.63, 3.8) is 0 Å². The van der Waals surface area contributed by atoms with Gasteiger partial charge in [-0.25, -0.2) is 9.18 Å². The van der Waals surface area contributed by atoms with E-state index < -0.39 is 23.7 Å². The second-order valence-corrected chi connectivity index (χ2v) is 5.71. The van der Waals surface area contributed by atoms with Crippen LogP contribution in [0.15, 0.2) is 22.7 Å². The van der Waals surface area contributed by atoms with Crippen molar-refractivity contribution < 1.29 is 19.1 Å². The lowest BCUT2D eigenvalue weighted by Crippen LogP contribution is -2.41. The van der Waals surface area contributed by atoms with Gasteiger partial charge in [0.1, 0.15) is 11.9 Å². The normalized spacial score (nSPS) is 11.9. The molecule has 0 fully saturated rings. The zero-order valence-corrected chi connectivity index (χ0v) is 12.6. The van der Waals surface area contributed by atoms with E-state index in [4.69, 9.17) is 5.11 Å². The van der Waals surface area contributed by atoms with E-state index in [9.17, 15) is 14.0 Å². The molecular formula is C12H13BrFNO3S. The van der Waals surface area contributed by atoms with Gasteiger partial charge in [0.05, 0.1) is 0 Å². The van der Waals surface area contributed by atoms with E-state index in [1.807, 2.05) is 6.26 Å². The van der Waals surface area contributed by atoms with Gasteiger partial charge in [-0.3, -0.25) is 4.79 Å². The first-order valence-corrected chi connectivity index (χ1v) is 7.61. The summed E-state index contributed by atoms with van der Waals surface area (Å²) < 4.78 is 13.6. The molecule has 2 N–H and O–H groups in total. The molecule has 0 saturated heterocycles. The summed E-state index contributed by atoms with van der Waals surface area (Å²) in [5, 5.41) is 11.4. The highest BCUT2D eigenvalue weighted by molar-refractivity contribution is 9.10. The molecule has 0 spiro atoms. The molecule has 1 aromatic carbocycles. The van der Waals surface area contributed by atoms with Crippen molar-refractivity contribution in [2.75, 3.05) is 12.0 Å². The Balaban J connectivity index is 2.78. The first-order chi connectivity index (χ1) is 8.93. The number of rotatable bonds is 6. The Hall–Kier alpha value is -1.08. The maximum Gasteiger partial charge on any atom is 0.326 e. The minimum Gasteiger partial charge on any atom is -0.480 e. The van der Waals surface area contributed by atoms with Gasteiger partial charge in [-0.2, -0.15) is 11.8 Å².